The number of methoxy groups -OCH3 is 1. The smallest absolute Gasteiger partial charge is 0.273 e. The summed E-state index contributed by atoms with van der Waals surface area (Å²) >= 11 is 1.13. The van der Waals surface area contributed by atoms with Crippen LogP contribution in [0.1, 0.15) is 15.4 Å². The van der Waals surface area contributed by atoms with Gasteiger partial charge in [0.1, 0.15) is 22.4 Å². The fourth-order valence-corrected chi connectivity index (χ4v) is 2.51. The van der Waals surface area contributed by atoms with E-state index < -0.39 is 0 Å². The topological polar surface area (TPSA) is 90.8 Å². The minimum atomic E-state index is -0.302. The van der Waals surface area contributed by atoms with Crippen LogP contribution in [0.2, 0.25) is 0 Å². The van der Waals surface area contributed by atoms with Crippen LogP contribution in [0.3, 0.4) is 0 Å². The molecule has 2 N–H and O–H groups in total. The predicted octanol–water partition coefficient (Wildman–Crippen LogP) is 2.76. The third-order valence-corrected chi connectivity index (χ3v) is 3.73. The lowest BCUT2D eigenvalue weighted by Crippen LogP contribution is -2.11. The van der Waals surface area contributed by atoms with Gasteiger partial charge in [0.2, 0.25) is 0 Å². The average Bonchev–Trinajstić information content (AvgIpc) is 3.12. The van der Waals surface area contributed by atoms with Gasteiger partial charge in [-0.3, -0.25) is 10.1 Å². The monoisotopic (exact) mass is 298 g/mol. The van der Waals surface area contributed by atoms with Crippen LogP contribution in [-0.2, 0) is 0 Å². The number of hydrogen-bond donors (Lipinski definition) is 2. The largest absolute Gasteiger partial charge is 0.497 e. The number of carbonyl (C=O) groups is 1. The Morgan fingerprint density at radius 1 is 1.48 bits per heavy atom. The molecule has 0 saturated heterocycles. The number of nitriles is 1. The van der Waals surface area contributed by atoms with Gasteiger partial charge in [-0.25, -0.2) is 4.98 Å². The molecule has 0 radical (unpaired) electrons. The molecule has 2 heterocycles. The fraction of sp³-hybridized carbons (Fsp3) is 0.0714. The molecule has 0 saturated carbocycles. The molecule has 6 nitrogen and oxygen atoms in total. The van der Waals surface area contributed by atoms with E-state index in [4.69, 9.17) is 10.00 Å². The molecule has 3 aromatic rings. The Hall–Kier alpha value is -2.85. The molecule has 2 aromatic heterocycles. The fourth-order valence-electron chi connectivity index (χ4n) is 1.90. The van der Waals surface area contributed by atoms with Crippen molar-refractivity contribution >= 4 is 33.3 Å². The lowest BCUT2D eigenvalue weighted by Gasteiger charge is -1.98. The van der Waals surface area contributed by atoms with Crippen LogP contribution in [-0.4, -0.2) is 23.0 Å². The SMILES string of the molecule is COc1ccc2cc(C(=O)Nc3ncc(C#N)s3)[nH]c2c1. The summed E-state index contributed by atoms with van der Waals surface area (Å²) in [6.07, 6.45) is 1.43. The molecular weight excluding hydrogens is 288 g/mol. The third kappa shape index (κ3) is 2.57. The number of aromatic amines is 1. The van der Waals surface area contributed by atoms with E-state index in [1.54, 1.807) is 13.2 Å². The van der Waals surface area contributed by atoms with Gasteiger partial charge in [0.25, 0.3) is 5.91 Å². The number of benzene rings is 1. The molecule has 1 amide bonds. The van der Waals surface area contributed by atoms with E-state index in [2.05, 4.69) is 15.3 Å². The van der Waals surface area contributed by atoms with Crippen molar-refractivity contribution in [3.63, 3.8) is 0 Å². The van der Waals surface area contributed by atoms with Crippen molar-refractivity contribution in [2.45, 2.75) is 0 Å². The van der Waals surface area contributed by atoms with E-state index >= 15 is 0 Å². The quantitative estimate of drug-likeness (QED) is 0.777. The number of hydrogen-bond acceptors (Lipinski definition) is 5. The van der Waals surface area contributed by atoms with Gasteiger partial charge in [-0.2, -0.15) is 5.26 Å². The Morgan fingerprint density at radius 2 is 2.33 bits per heavy atom. The maximum absolute atomic E-state index is 12.1. The summed E-state index contributed by atoms with van der Waals surface area (Å²) in [7, 11) is 1.59. The lowest BCUT2D eigenvalue weighted by atomic mass is 10.2. The van der Waals surface area contributed by atoms with Crippen molar-refractivity contribution in [1.29, 1.82) is 5.26 Å². The maximum Gasteiger partial charge on any atom is 0.273 e. The van der Waals surface area contributed by atoms with Crippen molar-refractivity contribution in [1.82, 2.24) is 9.97 Å². The first-order chi connectivity index (χ1) is 10.2. The second kappa shape index (κ2) is 5.26. The molecule has 3 rings (SSSR count). The molecular formula is C14H10N4O2S. The first kappa shape index (κ1) is 13.1. The number of thiazole rings is 1. The number of rotatable bonds is 3. The Bertz CT molecular complexity index is 859. The van der Waals surface area contributed by atoms with Gasteiger partial charge in [0.05, 0.1) is 13.3 Å². The Kier molecular flexibility index (Phi) is 3.30. The number of ether oxygens (including phenoxy) is 1. The highest BCUT2D eigenvalue weighted by molar-refractivity contribution is 7.16. The average molecular weight is 298 g/mol. The van der Waals surface area contributed by atoms with E-state index in [9.17, 15) is 4.79 Å². The van der Waals surface area contributed by atoms with Gasteiger partial charge in [-0.05, 0) is 18.2 Å². The molecule has 0 bridgehead atoms. The summed E-state index contributed by atoms with van der Waals surface area (Å²) in [5.74, 6) is 0.416. The standard InChI is InChI=1S/C14H10N4O2S/c1-20-9-3-2-8-4-12(17-11(8)5-9)13(19)18-14-16-7-10(6-15)21-14/h2-5,7,17H,1H3,(H,16,18,19). The zero-order valence-corrected chi connectivity index (χ0v) is 11.8. The molecule has 1 aromatic carbocycles. The van der Waals surface area contributed by atoms with Crippen molar-refractivity contribution in [2.24, 2.45) is 0 Å². The van der Waals surface area contributed by atoms with E-state index in [0.29, 0.717) is 15.7 Å². The second-order valence-corrected chi connectivity index (χ2v) is 5.26. The Balaban J connectivity index is 1.85. The van der Waals surface area contributed by atoms with Crippen LogP contribution in [0.15, 0.2) is 30.5 Å². The van der Waals surface area contributed by atoms with Crippen molar-refractivity contribution < 1.29 is 9.53 Å². The summed E-state index contributed by atoms with van der Waals surface area (Å²) in [4.78, 5) is 19.6. The zero-order valence-electron chi connectivity index (χ0n) is 11.0. The first-order valence-electron chi connectivity index (χ1n) is 6.03. The van der Waals surface area contributed by atoms with Crippen molar-refractivity contribution in [3.05, 3.63) is 41.0 Å². The van der Waals surface area contributed by atoms with Gasteiger partial charge >= 0.3 is 0 Å². The first-order valence-corrected chi connectivity index (χ1v) is 6.85. The Morgan fingerprint density at radius 3 is 3.05 bits per heavy atom. The molecule has 21 heavy (non-hydrogen) atoms. The molecule has 104 valence electrons. The predicted molar refractivity (Wildman–Crippen MR) is 79.6 cm³/mol. The second-order valence-electron chi connectivity index (χ2n) is 4.23. The van der Waals surface area contributed by atoms with E-state index in [0.717, 1.165) is 28.0 Å². The normalized spacial score (nSPS) is 10.3. The molecule has 0 unspecified atom stereocenters. The van der Waals surface area contributed by atoms with Crippen LogP contribution < -0.4 is 10.1 Å². The summed E-state index contributed by atoms with van der Waals surface area (Å²) in [5, 5.41) is 12.7. The van der Waals surface area contributed by atoms with Gasteiger partial charge in [-0.15, -0.1) is 0 Å². The zero-order chi connectivity index (χ0) is 14.8. The number of aromatic nitrogens is 2. The van der Waals surface area contributed by atoms with E-state index in [1.165, 1.54) is 6.20 Å². The number of amides is 1. The summed E-state index contributed by atoms with van der Waals surface area (Å²) in [6.45, 7) is 0. The number of anilines is 1. The maximum atomic E-state index is 12.1. The summed E-state index contributed by atoms with van der Waals surface area (Å²) in [5.41, 5.74) is 1.24. The van der Waals surface area contributed by atoms with Crippen LogP contribution in [0.5, 0.6) is 5.75 Å². The van der Waals surface area contributed by atoms with Crippen molar-refractivity contribution in [3.8, 4) is 11.8 Å². The van der Waals surface area contributed by atoms with Gasteiger partial charge in [0, 0.05) is 17.0 Å². The van der Waals surface area contributed by atoms with Crippen LogP contribution >= 0.6 is 11.3 Å². The number of fused-ring (bicyclic) bond motifs is 1. The summed E-state index contributed by atoms with van der Waals surface area (Å²) < 4.78 is 5.14. The molecule has 0 fully saturated rings. The third-order valence-electron chi connectivity index (χ3n) is 2.91. The van der Waals surface area contributed by atoms with Gasteiger partial charge < -0.3 is 9.72 Å². The molecule has 0 aliphatic heterocycles. The number of nitrogens with one attached hydrogen (secondary N) is 2. The molecule has 0 aliphatic carbocycles. The number of nitrogens with zero attached hydrogens (tertiary/aromatic N) is 2. The van der Waals surface area contributed by atoms with Crippen LogP contribution in [0.4, 0.5) is 5.13 Å². The molecule has 0 aliphatic rings. The highest BCUT2D eigenvalue weighted by Gasteiger charge is 2.12. The highest BCUT2D eigenvalue weighted by atomic mass is 32.1. The molecule has 7 heteroatoms. The number of carbonyl (C=O) groups excluding carboxylic acids is 1. The van der Waals surface area contributed by atoms with Crippen LogP contribution in [0.25, 0.3) is 10.9 Å². The summed E-state index contributed by atoms with van der Waals surface area (Å²) in [6, 6.07) is 9.26. The number of H-pyrrole nitrogens is 1. The minimum Gasteiger partial charge on any atom is -0.497 e. The lowest BCUT2D eigenvalue weighted by molar-refractivity contribution is 0.102. The molecule has 0 spiro atoms. The van der Waals surface area contributed by atoms with Crippen molar-refractivity contribution in [2.75, 3.05) is 12.4 Å². The van der Waals surface area contributed by atoms with Crippen LogP contribution in [0, 0.1) is 11.3 Å². The highest BCUT2D eigenvalue weighted by Crippen LogP contribution is 2.22. The van der Waals surface area contributed by atoms with E-state index in [-0.39, 0.29) is 5.91 Å². The minimum absolute atomic E-state index is 0.302. The van der Waals surface area contributed by atoms with Gasteiger partial charge in [0.15, 0.2) is 5.13 Å². The molecule has 0 atom stereocenters. The van der Waals surface area contributed by atoms with Gasteiger partial charge in [-0.1, -0.05) is 11.3 Å². The Labute approximate surface area is 124 Å². The van der Waals surface area contributed by atoms with E-state index in [1.807, 2.05) is 24.3 Å².